The van der Waals surface area contributed by atoms with E-state index >= 15 is 0 Å². The van der Waals surface area contributed by atoms with E-state index in [-0.39, 0.29) is 30.8 Å². The highest BCUT2D eigenvalue weighted by atomic mass is 16.5. The van der Waals surface area contributed by atoms with Gasteiger partial charge in [-0.3, -0.25) is 9.59 Å². The predicted molar refractivity (Wildman–Crippen MR) is 120 cm³/mol. The van der Waals surface area contributed by atoms with Crippen LogP contribution in [0.2, 0.25) is 0 Å². The number of amides is 1. The van der Waals surface area contributed by atoms with Gasteiger partial charge in [0.25, 0.3) is 5.91 Å². The number of aryl methyl sites for hydroxylation is 1. The Balaban J connectivity index is 1.93. The molecule has 0 saturated heterocycles. The second-order valence-corrected chi connectivity index (χ2v) is 7.87. The van der Waals surface area contributed by atoms with Crippen LogP contribution in [-0.2, 0) is 20.7 Å². The van der Waals surface area contributed by atoms with E-state index in [1.54, 1.807) is 0 Å². The van der Waals surface area contributed by atoms with Crippen LogP contribution in [0.25, 0.3) is 0 Å². The van der Waals surface area contributed by atoms with Gasteiger partial charge in [0.05, 0.1) is 6.61 Å². The van der Waals surface area contributed by atoms with Gasteiger partial charge in [0.2, 0.25) is 0 Å². The first-order valence-corrected chi connectivity index (χ1v) is 10.6. The minimum absolute atomic E-state index is 0.192. The zero-order chi connectivity index (χ0) is 22.1. The van der Waals surface area contributed by atoms with Crippen LogP contribution in [0.3, 0.4) is 0 Å². The first-order chi connectivity index (χ1) is 14.3. The second-order valence-electron chi connectivity index (χ2n) is 7.87. The van der Waals surface area contributed by atoms with Gasteiger partial charge in [0.1, 0.15) is 5.75 Å². The Morgan fingerprint density at radius 2 is 1.57 bits per heavy atom. The van der Waals surface area contributed by atoms with Crippen molar-refractivity contribution in [1.29, 1.82) is 0 Å². The summed E-state index contributed by atoms with van der Waals surface area (Å²) in [5.41, 5.74) is 3.93. The Morgan fingerprint density at radius 1 is 0.933 bits per heavy atom. The smallest absolute Gasteiger partial charge is 0.306 e. The molecule has 0 saturated carbocycles. The zero-order valence-corrected chi connectivity index (χ0v) is 18.7. The number of para-hydroxylation sites is 2. The maximum Gasteiger partial charge on any atom is 0.306 e. The van der Waals surface area contributed by atoms with E-state index in [0.29, 0.717) is 13.0 Å². The van der Waals surface area contributed by atoms with Crippen molar-refractivity contribution in [3.05, 3.63) is 59.2 Å². The number of rotatable bonds is 10. The molecule has 0 bridgehead atoms. The summed E-state index contributed by atoms with van der Waals surface area (Å²) in [4.78, 5) is 24.6. The third kappa shape index (κ3) is 6.61. The largest absolute Gasteiger partial charge is 0.494 e. The molecule has 2 rings (SSSR count). The SMILES string of the molecule is CCOc1ccccc1CCC(=O)OCC(=O)Nc1c(C(C)C)cccc1C(C)C. The first kappa shape index (κ1) is 23.5. The lowest BCUT2D eigenvalue weighted by atomic mass is 9.92. The molecule has 0 radical (unpaired) electrons. The molecule has 2 aromatic rings. The van der Waals surface area contributed by atoms with Crippen molar-refractivity contribution in [3.63, 3.8) is 0 Å². The summed E-state index contributed by atoms with van der Waals surface area (Å²) in [7, 11) is 0. The van der Waals surface area contributed by atoms with Crippen molar-refractivity contribution in [2.75, 3.05) is 18.5 Å². The number of ether oxygens (including phenoxy) is 2. The lowest BCUT2D eigenvalue weighted by Crippen LogP contribution is -2.22. The molecule has 0 aliphatic heterocycles. The summed E-state index contributed by atoms with van der Waals surface area (Å²) < 4.78 is 10.8. The molecule has 30 heavy (non-hydrogen) atoms. The van der Waals surface area contributed by atoms with Crippen molar-refractivity contribution in [2.24, 2.45) is 0 Å². The van der Waals surface area contributed by atoms with Crippen molar-refractivity contribution in [1.82, 2.24) is 0 Å². The van der Waals surface area contributed by atoms with E-state index < -0.39 is 5.97 Å². The van der Waals surface area contributed by atoms with E-state index in [0.717, 1.165) is 28.1 Å². The fourth-order valence-electron chi connectivity index (χ4n) is 3.33. The van der Waals surface area contributed by atoms with Crippen LogP contribution in [0.4, 0.5) is 5.69 Å². The molecule has 1 amide bonds. The van der Waals surface area contributed by atoms with Gasteiger partial charge < -0.3 is 14.8 Å². The highest BCUT2D eigenvalue weighted by Gasteiger charge is 2.17. The average molecular weight is 412 g/mol. The molecule has 0 fully saturated rings. The van der Waals surface area contributed by atoms with E-state index in [2.05, 4.69) is 33.0 Å². The quantitative estimate of drug-likeness (QED) is 0.528. The average Bonchev–Trinajstić information content (AvgIpc) is 2.71. The standard InChI is InChI=1S/C25H33NO4/c1-6-29-22-13-8-7-10-19(22)14-15-24(28)30-16-23(27)26-25-20(17(2)3)11-9-12-21(25)18(4)5/h7-13,17-18H,6,14-16H2,1-5H3,(H,26,27). The predicted octanol–water partition coefficient (Wildman–Crippen LogP) is 5.45. The van der Waals surface area contributed by atoms with Crippen molar-refractivity contribution >= 4 is 17.6 Å². The van der Waals surface area contributed by atoms with Crippen LogP contribution in [0.15, 0.2) is 42.5 Å². The molecule has 2 aromatic carbocycles. The molecule has 0 heterocycles. The molecule has 0 atom stereocenters. The number of carbonyl (C=O) groups is 2. The molecule has 0 aliphatic rings. The number of nitrogens with one attached hydrogen (secondary N) is 1. The van der Waals surface area contributed by atoms with Crippen molar-refractivity contribution in [2.45, 2.75) is 59.3 Å². The Morgan fingerprint density at radius 3 is 2.17 bits per heavy atom. The molecule has 0 aromatic heterocycles. The van der Waals surface area contributed by atoms with Crippen LogP contribution in [0, 0.1) is 0 Å². The van der Waals surface area contributed by atoms with E-state index in [1.165, 1.54) is 0 Å². The lowest BCUT2D eigenvalue weighted by Gasteiger charge is -2.20. The van der Waals surface area contributed by atoms with Gasteiger partial charge in [0.15, 0.2) is 6.61 Å². The van der Waals surface area contributed by atoms with Gasteiger partial charge in [0, 0.05) is 12.1 Å². The number of esters is 1. The molecular weight excluding hydrogens is 378 g/mol. The molecule has 162 valence electrons. The van der Waals surface area contributed by atoms with Gasteiger partial charge in [-0.05, 0) is 47.9 Å². The number of carbonyl (C=O) groups excluding carboxylic acids is 2. The van der Waals surface area contributed by atoms with Gasteiger partial charge in [-0.15, -0.1) is 0 Å². The monoisotopic (exact) mass is 411 g/mol. The summed E-state index contributed by atoms with van der Waals surface area (Å²) in [6, 6.07) is 13.7. The molecular formula is C25H33NO4. The summed E-state index contributed by atoms with van der Waals surface area (Å²) in [6.07, 6.45) is 0.696. The third-order valence-corrected chi connectivity index (χ3v) is 4.87. The highest BCUT2D eigenvalue weighted by molar-refractivity contribution is 5.94. The summed E-state index contributed by atoms with van der Waals surface area (Å²) in [5.74, 6) is 0.585. The molecule has 1 N–H and O–H groups in total. The zero-order valence-electron chi connectivity index (χ0n) is 18.7. The van der Waals surface area contributed by atoms with E-state index in [1.807, 2.05) is 49.4 Å². The van der Waals surface area contributed by atoms with Crippen LogP contribution >= 0.6 is 0 Å². The van der Waals surface area contributed by atoms with Crippen LogP contribution in [0.5, 0.6) is 5.75 Å². The minimum Gasteiger partial charge on any atom is -0.494 e. The summed E-state index contributed by atoms with van der Waals surface area (Å²) >= 11 is 0. The maximum atomic E-state index is 12.5. The molecule has 0 spiro atoms. The van der Waals surface area contributed by atoms with Gasteiger partial charge in [-0.1, -0.05) is 64.1 Å². The third-order valence-electron chi connectivity index (χ3n) is 4.87. The van der Waals surface area contributed by atoms with Crippen LogP contribution in [-0.4, -0.2) is 25.1 Å². The Hall–Kier alpha value is -2.82. The van der Waals surface area contributed by atoms with Crippen LogP contribution in [0.1, 0.15) is 69.6 Å². The molecule has 0 aliphatic carbocycles. The van der Waals surface area contributed by atoms with Crippen molar-refractivity contribution < 1.29 is 19.1 Å². The molecule has 5 nitrogen and oxygen atoms in total. The highest BCUT2D eigenvalue weighted by Crippen LogP contribution is 2.32. The fourth-order valence-corrected chi connectivity index (χ4v) is 3.33. The van der Waals surface area contributed by atoms with E-state index in [9.17, 15) is 9.59 Å². The molecule has 5 heteroatoms. The van der Waals surface area contributed by atoms with Crippen LogP contribution < -0.4 is 10.1 Å². The Labute approximate surface area is 179 Å². The minimum atomic E-state index is -0.405. The van der Waals surface area contributed by atoms with Gasteiger partial charge in [-0.2, -0.15) is 0 Å². The number of hydrogen-bond acceptors (Lipinski definition) is 4. The molecule has 0 unspecified atom stereocenters. The normalized spacial score (nSPS) is 10.9. The lowest BCUT2D eigenvalue weighted by molar-refractivity contribution is -0.147. The topological polar surface area (TPSA) is 64.6 Å². The maximum absolute atomic E-state index is 12.5. The fraction of sp³-hybridized carbons (Fsp3) is 0.440. The summed E-state index contributed by atoms with van der Waals surface area (Å²) in [5, 5.41) is 2.96. The number of hydrogen-bond donors (Lipinski definition) is 1. The van der Waals surface area contributed by atoms with Crippen molar-refractivity contribution in [3.8, 4) is 5.75 Å². The Kier molecular flexibility index (Phi) is 8.90. The number of anilines is 1. The van der Waals surface area contributed by atoms with E-state index in [4.69, 9.17) is 9.47 Å². The van der Waals surface area contributed by atoms with Gasteiger partial charge >= 0.3 is 5.97 Å². The second kappa shape index (κ2) is 11.4. The first-order valence-electron chi connectivity index (χ1n) is 10.6. The van der Waals surface area contributed by atoms with Gasteiger partial charge in [-0.25, -0.2) is 0 Å². The Bertz CT molecular complexity index is 832. The number of benzene rings is 2. The summed E-state index contributed by atoms with van der Waals surface area (Å²) in [6.45, 7) is 10.6.